The van der Waals surface area contributed by atoms with Gasteiger partial charge in [0.1, 0.15) is 11.5 Å². The molecule has 2 aromatic heterocycles. The van der Waals surface area contributed by atoms with Gasteiger partial charge < -0.3 is 48.8 Å². The molecule has 10 rings (SSSR count). The van der Waals surface area contributed by atoms with Crippen LogP contribution in [0.3, 0.4) is 0 Å². The van der Waals surface area contributed by atoms with Gasteiger partial charge in [-0.25, -0.2) is 0 Å². The van der Waals surface area contributed by atoms with E-state index in [1.807, 2.05) is 135 Å². The van der Waals surface area contributed by atoms with Gasteiger partial charge in [0.05, 0.1) is 25.6 Å². The van der Waals surface area contributed by atoms with Gasteiger partial charge in [-0.3, -0.25) is 9.59 Å². The van der Waals surface area contributed by atoms with Crippen LogP contribution in [-0.2, 0) is 0 Å². The molecule has 8 aromatic rings. The molecule has 0 unspecified atom stereocenters. The molecule has 6 aromatic carbocycles. The molecular weight excluding hydrogens is 933 g/mol. The molecule has 2 amide bonds. The van der Waals surface area contributed by atoms with Crippen molar-refractivity contribution in [2.75, 3.05) is 101 Å². The fraction of sp³-hybridized carbons (Fsp3) is 0.276. The van der Waals surface area contributed by atoms with Crippen LogP contribution in [0.15, 0.2) is 130 Å². The van der Waals surface area contributed by atoms with E-state index >= 15 is 0 Å². The molecule has 0 aliphatic carbocycles. The Bertz CT molecular complexity index is 3030. The number of nitrogens with zero attached hydrogens (tertiary/aromatic N) is 8. The van der Waals surface area contributed by atoms with Gasteiger partial charge in [-0.05, 0) is 134 Å². The van der Waals surface area contributed by atoms with Gasteiger partial charge in [0.2, 0.25) is 23.4 Å². The zero-order valence-corrected chi connectivity index (χ0v) is 43.2. The summed E-state index contributed by atoms with van der Waals surface area (Å²) in [7, 11) is 7.61. The number of ether oxygens (including phenoxy) is 2. The molecule has 2 saturated heterocycles. The third-order valence-electron chi connectivity index (χ3n) is 13.5. The van der Waals surface area contributed by atoms with Crippen molar-refractivity contribution in [3.63, 3.8) is 0 Å². The topological polar surface area (TPSA) is 167 Å². The second kappa shape index (κ2) is 22.6. The van der Waals surface area contributed by atoms with Crippen LogP contribution in [0.2, 0.25) is 0 Å². The highest BCUT2D eigenvalue weighted by Gasteiger charge is 2.21. The zero-order valence-electron chi connectivity index (χ0n) is 43.2. The number of nitrogens with one attached hydrogen (secondary N) is 2. The minimum absolute atomic E-state index is 0.152. The number of rotatable bonds is 12. The van der Waals surface area contributed by atoms with Crippen LogP contribution >= 0.6 is 0 Å². The number of amides is 2. The normalized spacial score (nSPS) is 14.0. The van der Waals surface area contributed by atoms with Gasteiger partial charge >= 0.3 is 0 Å². The van der Waals surface area contributed by atoms with Gasteiger partial charge in [-0.2, -0.15) is 9.97 Å². The van der Waals surface area contributed by atoms with Crippen LogP contribution in [0.4, 0.5) is 22.7 Å². The van der Waals surface area contributed by atoms with Crippen molar-refractivity contribution in [2.45, 2.75) is 27.7 Å². The Morgan fingerprint density at radius 1 is 0.473 bits per heavy atom. The Hall–Kier alpha value is -8.34. The maximum atomic E-state index is 13.0. The van der Waals surface area contributed by atoms with Crippen molar-refractivity contribution in [3.8, 4) is 56.5 Å². The Kier molecular flexibility index (Phi) is 15.5. The highest BCUT2D eigenvalue weighted by atomic mass is 16.5. The smallest absolute Gasteiger partial charge is 0.255 e. The van der Waals surface area contributed by atoms with Crippen LogP contribution in [-0.4, -0.2) is 123 Å². The average molecular weight is 995 g/mol. The first-order valence-electron chi connectivity index (χ1n) is 24.7. The summed E-state index contributed by atoms with van der Waals surface area (Å²) in [6.45, 7) is 15.3. The van der Waals surface area contributed by atoms with Crippen molar-refractivity contribution in [2.24, 2.45) is 0 Å². The Morgan fingerprint density at radius 3 is 1.16 bits per heavy atom. The number of anilines is 4. The first-order chi connectivity index (χ1) is 35.8. The van der Waals surface area contributed by atoms with Gasteiger partial charge in [-0.1, -0.05) is 58.8 Å². The Balaban J connectivity index is 0.000000182. The maximum Gasteiger partial charge on any atom is 0.255 e. The molecule has 16 heteroatoms. The van der Waals surface area contributed by atoms with Crippen molar-refractivity contribution in [3.05, 3.63) is 155 Å². The third kappa shape index (κ3) is 11.8. The molecule has 380 valence electrons. The molecule has 0 radical (unpaired) electrons. The molecule has 0 atom stereocenters. The second-order valence-corrected chi connectivity index (χ2v) is 18.8. The van der Waals surface area contributed by atoms with Crippen molar-refractivity contribution < 1.29 is 28.1 Å². The van der Waals surface area contributed by atoms with E-state index in [0.29, 0.717) is 34.6 Å². The minimum Gasteiger partial charge on any atom is -0.495 e. The lowest BCUT2D eigenvalue weighted by molar-refractivity contribution is 0.101. The van der Waals surface area contributed by atoms with E-state index < -0.39 is 0 Å². The Labute approximate surface area is 431 Å². The van der Waals surface area contributed by atoms with Crippen molar-refractivity contribution in [1.29, 1.82) is 0 Å². The van der Waals surface area contributed by atoms with E-state index in [4.69, 9.17) is 18.5 Å². The first kappa shape index (κ1) is 50.6. The van der Waals surface area contributed by atoms with Crippen LogP contribution < -0.4 is 29.9 Å². The zero-order chi connectivity index (χ0) is 51.9. The Morgan fingerprint density at radius 2 is 0.838 bits per heavy atom. The van der Waals surface area contributed by atoms with Gasteiger partial charge in [-0.15, -0.1) is 0 Å². The second-order valence-electron chi connectivity index (χ2n) is 18.8. The summed E-state index contributed by atoms with van der Waals surface area (Å²) in [5.41, 5.74) is 12.9. The fourth-order valence-electron chi connectivity index (χ4n) is 9.22. The number of methoxy groups -OCH3 is 2. The molecule has 74 heavy (non-hydrogen) atoms. The van der Waals surface area contributed by atoms with E-state index in [0.717, 1.165) is 131 Å². The lowest BCUT2D eigenvalue weighted by Gasteiger charge is -2.34. The molecule has 0 saturated carbocycles. The highest BCUT2D eigenvalue weighted by Crippen LogP contribution is 2.35. The summed E-state index contributed by atoms with van der Waals surface area (Å²) in [5, 5.41) is 14.1. The molecule has 2 aliphatic rings. The first-order valence-corrected chi connectivity index (χ1v) is 24.7. The lowest BCUT2D eigenvalue weighted by Crippen LogP contribution is -2.44. The maximum absolute atomic E-state index is 13.0. The summed E-state index contributed by atoms with van der Waals surface area (Å²) in [5.74, 6) is 3.54. The highest BCUT2D eigenvalue weighted by molar-refractivity contribution is 6.05. The van der Waals surface area contributed by atoms with Crippen molar-refractivity contribution >= 4 is 34.6 Å². The van der Waals surface area contributed by atoms with Crippen LogP contribution in [0.1, 0.15) is 43.6 Å². The lowest BCUT2D eigenvalue weighted by atomic mass is 9.97. The van der Waals surface area contributed by atoms with E-state index in [9.17, 15) is 9.59 Å². The largest absolute Gasteiger partial charge is 0.495 e. The summed E-state index contributed by atoms with van der Waals surface area (Å²) in [6.07, 6.45) is 0. The average Bonchev–Trinajstić information content (AvgIpc) is 4.07. The van der Waals surface area contributed by atoms with Gasteiger partial charge in [0.15, 0.2) is 0 Å². The number of piperazine rings is 2. The number of likely N-dealkylation sites (N-methyl/N-ethyl adjacent to an activating group) is 2. The number of hydrogen-bond donors (Lipinski definition) is 2. The number of aryl methyl sites for hydroxylation is 4. The summed E-state index contributed by atoms with van der Waals surface area (Å²) in [4.78, 5) is 43.9. The molecule has 16 nitrogen and oxygen atoms in total. The summed E-state index contributed by atoms with van der Waals surface area (Å²) >= 11 is 0. The number of benzene rings is 6. The van der Waals surface area contributed by atoms with Crippen molar-refractivity contribution in [1.82, 2.24) is 30.1 Å². The standard InChI is InChI=1S/2C29H31N5O3/c2*1-19-17-23(28-30-20(2)37-32-28)9-11-25(19)21-5-7-22(8-6-21)29(35)31-24-10-12-27(36-4)26(18-24)34-15-13-33(3)14-16-34/h2*5-12,17-18H,13-16H2,1-4H3,(H,31,35). The number of hydrogen-bond acceptors (Lipinski definition) is 14. The van der Waals surface area contributed by atoms with E-state index in [1.165, 1.54) is 0 Å². The van der Waals surface area contributed by atoms with E-state index in [2.05, 4.69) is 64.6 Å². The number of carbonyl (C=O) groups is 2. The molecule has 0 spiro atoms. The molecule has 2 fully saturated rings. The summed E-state index contributed by atoms with van der Waals surface area (Å²) < 4.78 is 21.4. The predicted octanol–water partition coefficient (Wildman–Crippen LogP) is 10.1. The van der Waals surface area contributed by atoms with E-state index in [1.54, 1.807) is 28.1 Å². The van der Waals surface area contributed by atoms with E-state index in [-0.39, 0.29) is 11.8 Å². The monoisotopic (exact) mass is 994 g/mol. The van der Waals surface area contributed by atoms with Crippen LogP contribution in [0.5, 0.6) is 11.5 Å². The quantitative estimate of drug-likeness (QED) is 0.119. The van der Waals surface area contributed by atoms with Crippen LogP contribution in [0, 0.1) is 27.7 Å². The number of carbonyl (C=O) groups excluding carboxylic acids is 2. The fourth-order valence-corrected chi connectivity index (χ4v) is 9.22. The summed E-state index contributed by atoms with van der Waals surface area (Å²) in [6, 6.07) is 39.0. The van der Waals surface area contributed by atoms with Gasteiger partial charge in [0.25, 0.3) is 11.8 Å². The molecule has 4 heterocycles. The third-order valence-corrected chi connectivity index (χ3v) is 13.5. The number of aromatic nitrogens is 4. The van der Waals surface area contributed by atoms with Gasteiger partial charge in [0, 0.05) is 99.8 Å². The molecule has 0 bridgehead atoms. The minimum atomic E-state index is -0.152. The predicted molar refractivity (Wildman–Crippen MR) is 291 cm³/mol. The molecular formula is C58H62N10O6. The molecule has 2 aliphatic heterocycles. The SMILES string of the molecule is COc1ccc(NC(=O)c2ccc(-c3ccc(-c4noc(C)n4)cc3C)cc2)cc1N1CCN(C)CC1.COc1ccc(NC(=O)c2ccc(-c3ccc(-c4noc(C)n4)cc3C)cc2)cc1N1CCN(C)CC1. The molecule has 2 N–H and O–H groups in total. The van der Waals surface area contributed by atoms with Crippen LogP contribution in [0.25, 0.3) is 45.0 Å².